The van der Waals surface area contributed by atoms with Crippen LogP contribution in [0.4, 0.5) is 5.69 Å². The van der Waals surface area contributed by atoms with Crippen LogP contribution in [0.2, 0.25) is 0 Å². The lowest BCUT2D eigenvalue weighted by Gasteiger charge is -2.32. The molecule has 0 radical (unpaired) electrons. The molecule has 1 unspecified atom stereocenters. The number of para-hydroxylation sites is 2. The second-order valence-electron chi connectivity index (χ2n) is 3.27. The van der Waals surface area contributed by atoms with E-state index in [1.165, 1.54) is 0 Å². The Morgan fingerprint density at radius 2 is 2.31 bits per heavy atom. The van der Waals surface area contributed by atoms with Crippen LogP contribution in [0.3, 0.4) is 0 Å². The molecule has 3 heteroatoms. The fourth-order valence-electron chi connectivity index (χ4n) is 1.59. The van der Waals surface area contributed by atoms with E-state index >= 15 is 0 Å². The van der Waals surface area contributed by atoms with Gasteiger partial charge in [-0.15, -0.1) is 0 Å². The minimum absolute atomic E-state index is 0.0681. The Morgan fingerprint density at radius 1 is 1.54 bits per heavy atom. The summed E-state index contributed by atoms with van der Waals surface area (Å²) in [5.41, 5.74) is 1.09. The zero-order valence-corrected chi connectivity index (χ0v) is 7.60. The molecule has 2 rings (SSSR count). The number of fused-ring (bicyclic) bond motifs is 1. The summed E-state index contributed by atoms with van der Waals surface area (Å²) in [5, 5.41) is 8.98. The normalized spacial score (nSPS) is 20.8. The van der Waals surface area contributed by atoms with Crippen LogP contribution >= 0.6 is 0 Å². The van der Waals surface area contributed by atoms with Crippen LogP contribution in [0, 0.1) is 0 Å². The maximum atomic E-state index is 8.98. The molecule has 0 amide bonds. The van der Waals surface area contributed by atoms with Gasteiger partial charge in [0.05, 0.1) is 18.8 Å². The van der Waals surface area contributed by atoms with Crippen molar-refractivity contribution in [3.63, 3.8) is 0 Å². The minimum atomic E-state index is -0.0973. The van der Waals surface area contributed by atoms with Gasteiger partial charge in [-0.25, -0.2) is 0 Å². The van der Waals surface area contributed by atoms with Gasteiger partial charge in [0.15, 0.2) is 0 Å². The van der Waals surface area contributed by atoms with E-state index in [1.807, 2.05) is 31.3 Å². The number of hydrogen-bond donors (Lipinski definition) is 1. The van der Waals surface area contributed by atoms with Crippen molar-refractivity contribution >= 4 is 5.69 Å². The zero-order chi connectivity index (χ0) is 9.26. The van der Waals surface area contributed by atoms with Gasteiger partial charge >= 0.3 is 0 Å². The summed E-state index contributed by atoms with van der Waals surface area (Å²) in [5.74, 6) is 0.857. The fourth-order valence-corrected chi connectivity index (χ4v) is 1.59. The van der Waals surface area contributed by atoms with Gasteiger partial charge < -0.3 is 14.7 Å². The molecule has 1 aromatic carbocycles. The van der Waals surface area contributed by atoms with E-state index in [0.717, 1.165) is 18.0 Å². The van der Waals surface area contributed by atoms with Crippen molar-refractivity contribution in [1.29, 1.82) is 0 Å². The molecule has 1 atom stereocenters. The van der Waals surface area contributed by atoms with E-state index in [9.17, 15) is 0 Å². The highest BCUT2D eigenvalue weighted by molar-refractivity contribution is 5.59. The van der Waals surface area contributed by atoms with E-state index in [1.54, 1.807) is 0 Å². The monoisotopic (exact) mass is 179 g/mol. The number of rotatable bonds is 1. The molecule has 1 heterocycles. The van der Waals surface area contributed by atoms with Crippen LogP contribution in [-0.2, 0) is 0 Å². The topological polar surface area (TPSA) is 32.7 Å². The Kier molecular flexibility index (Phi) is 2.10. The highest BCUT2D eigenvalue weighted by atomic mass is 16.5. The number of ether oxygens (including phenoxy) is 1. The van der Waals surface area contributed by atoms with Gasteiger partial charge in [-0.3, -0.25) is 0 Å². The van der Waals surface area contributed by atoms with Crippen molar-refractivity contribution in [2.45, 2.75) is 6.10 Å². The average Bonchev–Trinajstić information content (AvgIpc) is 2.18. The van der Waals surface area contributed by atoms with Gasteiger partial charge in [-0.2, -0.15) is 0 Å². The summed E-state index contributed by atoms with van der Waals surface area (Å²) in [6.45, 7) is 0.812. The highest BCUT2D eigenvalue weighted by Gasteiger charge is 2.21. The third-order valence-corrected chi connectivity index (χ3v) is 2.25. The molecular formula is C10H13NO2. The molecule has 70 valence electrons. The number of aliphatic hydroxyl groups is 1. The molecule has 0 aliphatic carbocycles. The second kappa shape index (κ2) is 3.26. The first-order valence-electron chi connectivity index (χ1n) is 4.39. The average molecular weight is 179 g/mol. The fraction of sp³-hybridized carbons (Fsp3) is 0.400. The molecule has 0 bridgehead atoms. The molecule has 0 saturated heterocycles. The molecule has 0 saturated carbocycles. The van der Waals surface area contributed by atoms with Crippen LogP contribution < -0.4 is 9.64 Å². The molecular weight excluding hydrogens is 166 g/mol. The van der Waals surface area contributed by atoms with Crippen LogP contribution in [0.5, 0.6) is 5.75 Å². The first kappa shape index (κ1) is 8.38. The van der Waals surface area contributed by atoms with Gasteiger partial charge in [0.1, 0.15) is 11.9 Å². The quantitative estimate of drug-likeness (QED) is 0.694. The van der Waals surface area contributed by atoms with E-state index in [4.69, 9.17) is 9.84 Å². The predicted octanol–water partition coefficient (Wildman–Crippen LogP) is 0.876. The Balaban J connectivity index is 2.31. The number of benzene rings is 1. The molecule has 1 aliphatic heterocycles. The SMILES string of the molecule is CN1CC(CO)Oc2ccccc21. The second-order valence-corrected chi connectivity index (χ2v) is 3.27. The van der Waals surface area contributed by atoms with Crippen LogP contribution in [-0.4, -0.2) is 31.4 Å². The lowest BCUT2D eigenvalue weighted by molar-refractivity contribution is 0.113. The Bertz CT molecular complexity index is 301. The number of aliphatic hydroxyl groups excluding tert-OH is 1. The van der Waals surface area contributed by atoms with Gasteiger partial charge in [-0.05, 0) is 12.1 Å². The third-order valence-electron chi connectivity index (χ3n) is 2.25. The van der Waals surface area contributed by atoms with E-state index in [2.05, 4.69) is 4.90 Å². The molecule has 0 spiro atoms. The van der Waals surface area contributed by atoms with Crippen LogP contribution in [0.1, 0.15) is 0 Å². The molecule has 13 heavy (non-hydrogen) atoms. The maximum Gasteiger partial charge on any atom is 0.143 e. The van der Waals surface area contributed by atoms with Gasteiger partial charge in [0, 0.05) is 7.05 Å². The van der Waals surface area contributed by atoms with Gasteiger partial charge in [0.25, 0.3) is 0 Å². The van der Waals surface area contributed by atoms with Crippen molar-refractivity contribution in [2.24, 2.45) is 0 Å². The summed E-state index contributed by atoms with van der Waals surface area (Å²) in [7, 11) is 2.00. The largest absolute Gasteiger partial charge is 0.484 e. The lowest BCUT2D eigenvalue weighted by atomic mass is 10.2. The number of likely N-dealkylation sites (N-methyl/N-ethyl adjacent to an activating group) is 1. The van der Waals surface area contributed by atoms with Crippen molar-refractivity contribution in [3.8, 4) is 5.75 Å². The first-order chi connectivity index (χ1) is 6.31. The molecule has 3 nitrogen and oxygen atoms in total. The first-order valence-corrected chi connectivity index (χ1v) is 4.39. The summed E-state index contributed by atoms with van der Waals surface area (Å²) in [4.78, 5) is 2.10. The minimum Gasteiger partial charge on any atom is -0.484 e. The van der Waals surface area contributed by atoms with Gasteiger partial charge in [0.2, 0.25) is 0 Å². The highest BCUT2D eigenvalue weighted by Crippen LogP contribution is 2.31. The van der Waals surface area contributed by atoms with Crippen molar-refractivity contribution in [3.05, 3.63) is 24.3 Å². The predicted molar refractivity (Wildman–Crippen MR) is 51.2 cm³/mol. The molecule has 1 aliphatic rings. The van der Waals surface area contributed by atoms with Crippen LogP contribution in [0.25, 0.3) is 0 Å². The standard InChI is InChI=1S/C10H13NO2/c1-11-6-8(7-12)13-10-5-3-2-4-9(10)11/h2-5,8,12H,6-7H2,1H3. The van der Waals surface area contributed by atoms with Crippen molar-refractivity contribution < 1.29 is 9.84 Å². The Hall–Kier alpha value is -1.22. The number of hydrogen-bond acceptors (Lipinski definition) is 3. The number of anilines is 1. The van der Waals surface area contributed by atoms with E-state index in [0.29, 0.717) is 0 Å². The van der Waals surface area contributed by atoms with Crippen LogP contribution in [0.15, 0.2) is 24.3 Å². The number of nitrogens with zero attached hydrogens (tertiary/aromatic N) is 1. The summed E-state index contributed by atoms with van der Waals surface area (Å²) < 4.78 is 5.56. The molecule has 1 N–H and O–H groups in total. The maximum absolute atomic E-state index is 8.98. The Morgan fingerprint density at radius 3 is 3.08 bits per heavy atom. The molecule has 1 aromatic rings. The lowest BCUT2D eigenvalue weighted by Crippen LogP contribution is -2.39. The summed E-state index contributed by atoms with van der Waals surface area (Å²) in [6, 6.07) is 7.86. The smallest absolute Gasteiger partial charge is 0.143 e. The molecule has 0 aromatic heterocycles. The van der Waals surface area contributed by atoms with Crippen molar-refractivity contribution in [1.82, 2.24) is 0 Å². The Labute approximate surface area is 77.6 Å². The zero-order valence-electron chi connectivity index (χ0n) is 7.60. The van der Waals surface area contributed by atoms with Crippen molar-refractivity contribution in [2.75, 3.05) is 25.1 Å². The van der Waals surface area contributed by atoms with Gasteiger partial charge in [-0.1, -0.05) is 12.1 Å². The summed E-state index contributed by atoms with van der Waals surface area (Å²) >= 11 is 0. The third kappa shape index (κ3) is 1.47. The molecule has 0 fully saturated rings. The summed E-state index contributed by atoms with van der Waals surface area (Å²) in [6.07, 6.45) is -0.0973. The van der Waals surface area contributed by atoms with E-state index in [-0.39, 0.29) is 12.7 Å². The van der Waals surface area contributed by atoms with E-state index < -0.39 is 0 Å².